The monoisotopic (exact) mass is 266 g/mol. The zero-order valence-corrected chi connectivity index (χ0v) is 10.6. The summed E-state index contributed by atoms with van der Waals surface area (Å²) in [6.07, 6.45) is 2.48. The van der Waals surface area contributed by atoms with Gasteiger partial charge in [0.25, 0.3) is 5.69 Å². The lowest BCUT2D eigenvalue weighted by Crippen LogP contribution is -2.25. The number of nitro benzene ring substituents is 1. The van der Waals surface area contributed by atoms with Crippen molar-refractivity contribution in [2.75, 3.05) is 12.3 Å². The first kappa shape index (κ1) is 14.2. The Balaban J connectivity index is 2.36. The maximum Gasteiger partial charge on any atom is 0.269 e. The average Bonchev–Trinajstić information content (AvgIpc) is 2.37. The zero-order valence-electron chi connectivity index (χ0n) is 9.80. The van der Waals surface area contributed by atoms with Gasteiger partial charge in [-0.25, -0.2) is 0 Å². The molecule has 1 rings (SSSR count). The number of hydrogen-bond donors (Lipinski definition) is 1. The van der Waals surface area contributed by atoms with Crippen molar-refractivity contribution in [2.24, 2.45) is 0 Å². The molecule has 5 nitrogen and oxygen atoms in total. The summed E-state index contributed by atoms with van der Waals surface area (Å²) in [5.74, 6) is 0.245. The van der Waals surface area contributed by atoms with Crippen LogP contribution in [-0.2, 0) is 4.79 Å². The molecular formula is C12H14N2O3S. The van der Waals surface area contributed by atoms with Gasteiger partial charge in [-0.1, -0.05) is 6.08 Å². The highest BCUT2D eigenvalue weighted by atomic mass is 32.2. The molecule has 0 heterocycles. The molecule has 0 saturated carbocycles. The Morgan fingerprint density at radius 3 is 2.67 bits per heavy atom. The minimum atomic E-state index is -0.448. The summed E-state index contributed by atoms with van der Waals surface area (Å²) in [6, 6.07) is 6.13. The van der Waals surface area contributed by atoms with Crippen LogP contribution in [0.2, 0.25) is 0 Å². The summed E-state index contributed by atoms with van der Waals surface area (Å²) in [6.45, 7) is 4.15. The number of amides is 1. The second-order valence-electron chi connectivity index (χ2n) is 3.47. The molecule has 0 bridgehead atoms. The van der Waals surface area contributed by atoms with Gasteiger partial charge >= 0.3 is 0 Å². The Labute approximate surface area is 109 Å². The first-order valence-corrected chi connectivity index (χ1v) is 6.37. The lowest BCUT2D eigenvalue weighted by molar-refractivity contribution is -0.384. The van der Waals surface area contributed by atoms with E-state index in [0.717, 1.165) is 11.3 Å². The molecular weight excluding hydrogens is 252 g/mol. The van der Waals surface area contributed by atoms with Gasteiger partial charge in [0.05, 0.1) is 10.7 Å². The van der Waals surface area contributed by atoms with E-state index in [4.69, 9.17) is 0 Å². The molecule has 96 valence electrons. The van der Waals surface area contributed by atoms with E-state index in [1.54, 1.807) is 18.2 Å². The molecule has 0 unspecified atom stereocenters. The molecule has 6 heteroatoms. The summed E-state index contributed by atoms with van der Waals surface area (Å²) in [5, 5.41) is 13.2. The van der Waals surface area contributed by atoms with Crippen LogP contribution < -0.4 is 5.32 Å². The van der Waals surface area contributed by atoms with Crippen LogP contribution in [0.5, 0.6) is 0 Å². The van der Waals surface area contributed by atoms with Gasteiger partial charge in [0.15, 0.2) is 0 Å². The van der Waals surface area contributed by atoms with Crippen LogP contribution >= 0.6 is 11.8 Å². The number of rotatable bonds is 7. The summed E-state index contributed by atoms with van der Waals surface area (Å²) in [5.41, 5.74) is 0.0507. The van der Waals surface area contributed by atoms with Crippen LogP contribution in [-0.4, -0.2) is 23.1 Å². The van der Waals surface area contributed by atoms with Crippen molar-refractivity contribution in [3.05, 3.63) is 47.0 Å². The van der Waals surface area contributed by atoms with Crippen molar-refractivity contribution < 1.29 is 9.72 Å². The molecule has 0 atom stereocenters. The van der Waals surface area contributed by atoms with Crippen LogP contribution in [0.15, 0.2) is 41.8 Å². The summed E-state index contributed by atoms with van der Waals surface area (Å²) in [4.78, 5) is 22.2. The average molecular weight is 266 g/mol. The van der Waals surface area contributed by atoms with E-state index in [2.05, 4.69) is 11.9 Å². The number of benzene rings is 1. The standard InChI is InChI=1S/C12H14N2O3S/c1-2-3-8-13-12(15)9-18-11-6-4-10(5-7-11)14(16)17/h2,4-7H,1,3,8-9H2,(H,13,15). The normalized spacial score (nSPS) is 9.78. The molecule has 0 saturated heterocycles. The molecule has 1 N–H and O–H groups in total. The van der Waals surface area contributed by atoms with Gasteiger partial charge in [-0.2, -0.15) is 0 Å². The molecule has 0 aliphatic heterocycles. The molecule has 0 fully saturated rings. The van der Waals surface area contributed by atoms with E-state index in [0.29, 0.717) is 12.3 Å². The molecule has 0 aliphatic rings. The molecule has 1 aromatic rings. The number of carbonyl (C=O) groups is 1. The largest absolute Gasteiger partial charge is 0.355 e. The number of non-ortho nitro benzene ring substituents is 1. The topological polar surface area (TPSA) is 72.2 Å². The quantitative estimate of drug-likeness (QED) is 0.270. The first-order chi connectivity index (χ1) is 8.63. The van der Waals surface area contributed by atoms with Gasteiger partial charge in [-0.3, -0.25) is 14.9 Å². The second kappa shape index (κ2) is 7.50. The first-order valence-electron chi connectivity index (χ1n) is 5.38. The number of hydrogen-bond acceptors (Lipinski definition) is 4. The van der Waals surface area contributed by atoms with Crippen molar-refractivity contribution in [1.29, 1.82) is 0 Å². The predicted molar refractivity (Wildman–Crippen MR) is 71.6 cm³/mol. The van der Waals surface area contributed by atoms with E-state index in [9.17, 15) is 14.9 Å². The molecule has 0 radical (unpaired) electrons. The Bertz CT molecular complexity index is 431. The van der Waals surface area contributed by atoms with E-state index >= 15 is 0 Å². The van der Waals surface area contributed by atoms with Gasteiger partial charge < -0.3 is 5.32 Å². The molecule has 0 aromatic heterocycles. The lowest BCUT2D eigenvalue weighted by atomic mass is 10.3. The number of nitrogens with zero attached hydrogens (tertiary/aromatic N) is 1. The summed E-state index contributed by atoms with van der Waals surface area (Å²) < 4.78 is 0. The van der Waals surface area contributed by atoms with Crippen LogP contribution in [0, 0.1) is 10.1 Å². The molecule has 0 spiro atoms. The van der Waals surface area contributed by atoms with Gasteiger partial charge in [-0.15, -0.1) is 18.3 Å². The van der Waals surface area contributed by atoms with E-state index < -0.39 is 4.92 Å². The van der Waals surface area contributed by atoms with Gasteiger partial charge in [0, 0.05) is 23.6 Å². The van der Waals surface area contributed by atoms with Gasteiger partial charge in [0.2, 0.25) is 5.91 Å². The van der Waals surface area contributed by atoms with E-state index in [-0.39, 0.29) is 11.6 Å². The fourth-order valence-corrected chi connectivity index (χ4v) is 1.91. The Morgan fingerprint density at radius 2 is 2.11 bits per heavy atom. The third-order valence-corrected chi connectivity index (χ3v) is 3.10. The van der Waals surface area contributed by atoms with Crippen molar-refractivity contribution >= 4 is 23.4 Å². The molecule has 1 amide bonds. The van der Waals surface area contributed by atoms with Crippen LogP contribution in [0.4, 0.5) is 5.69 Å². The highest BCUT2D eigenvalue weighted by Crippen LogP contribution is 2.20. The smallest absolute Gasteiger partial charge is 0.269 e. The fraction of sp³-hybridized carbons (Fsp3) is 0.250. The Kier molecular flexibility index (Phi) is 5.93. The highest BCUT2D eigenvalue weighted by molar-refractivity contribution is 8.00. The van der Waals surface area contributed by atoms with Crippen LogP contribution in [0.1, 0.15) is 6.42 Å². The van der Waals surface area contributed by atoms with Crippen LogP contribution in [0.25, 0.3) is 0 Å². The van der Waals surface area contributed by atoms with E-state index in [1.807, 2.05) is 0 Å². The molecule has 18 heavy (non-hydrogen) atoms. The SMILES string of the molecule is C=CCCNC(=O)CSc1ccc([N+](=O)[O-])cc1. The molecule has 0 aliphatic carbocycles. The summed E-state index contributed by atoms with van der Waals surface area (Å²) >= 11 is 1.35. The maximum atomic E-state index is 11.4. The predicted octanol–water partition coefficient (Wildman–Crippen LogP) is 2.38. The fourth-order valence-electron chi connectivity index (χ4n) is 1.18. The summed E-state index contributed by atoms with van der Waals surface area (Å²) in [7, 11) is 0. The number of thioether (sulfide) groups is 1. The zero-order chi connectivity index (χ0) is 13.4. The van der Waals surface area contributed by atoms with Crippen molar-refractivity contribution in [2.45, 2.75) is 11.3 Å². The third kappa shape index (κ3) is 5.01. The van der Waals surface area contributed by atoms with Crippen molar-refractivity contribution in [3.8, 4) is 0 Å². The third-order valence-electron chi connectivity index (χ3n) is 2.09. The minimum Gasteiger partial charge on any atom is -0.355 e. The lowest BCUT2D eigenvalue weighted by Gasteiger charge is -2.03. The number of carbonyl (C=O) groups excluding carboxylic acids is 1. The number of nitrogens with one attached hydrogen (secondary N) is 1. The van der Waals surface area contributed by atoms with Gasteiger partial charge in [-0.05, 0) is 18.6 Å². The maximum absolute atomic E-state index is 11.4. The van der Waals surface area contributed by atoms with Crippen LogP contribution in [0.3, 0.4) is 0 Å². The minimum absolute atomic E-state index is 0.0507. The van der Waals surface area contributed by atoms with Crippen molar-refractivity contribution in [1.82, 2.24) is 5.32 Å². The molecule has 1 aromatic carbocycles. The highest BCUT2D eigenvalue weighted by Gasteiger charge is 2.05. The number of nitro groups is 1. The van der Waals surface area contributed by atoms with Gasteiger partial charge in [0.1, 0.15) is 0 Å². The second-order valence-corrected chi connectivity index (χ2v) is 4.52. The van der Waals surface area contributed by atoms with E-state index in [1.165, 1.54) is 23.9 Å². The van der Waals surface area contributed by atoms with Crippen molar-refractivity contribution in [3.63, 3.8) is 0 Å². The Hall–Kier alpha value is -1.82. The Morgan fingerprint density at radius 1 is 1.44 bits per heavy atom.